The van der Waals surface area contributed by atoms with Gasteiger partial charge in [-0.05, 0) is 31.2 Å². The summed E-state index contributed by atoms with van der Waals surface area (Å²) in [6.45, 7) is 8.44. The predicted octanol–water partition coefficient (Wildman–Crippen LogP) is 2.96. The summed E-state index contributed by atoms with van der Waals surface area (Å²) in [6.07, 6.45) is 1.79. The highest BCUT2D eigenvalue weighted by atomic mass is 16.2. The number of hydrogen-bond donors (Lipinski definition) is 1. The number of fused-ring (bicyclic) bond motifs is 1. The van der Waals surface area contributed by atoms with Gasteiger partial charge in [0, 0.05) is 17.6 Å². The van der Waals surface area contributed by atoms with Gasteiger partial charge in [0.15, 0.2) is 0 Å². The summed E-state index contributed by atoms with van der Waals surface area (Å²) < 4.78 is 0. The van der Waals surface area contributed by atoms with E-state index < -0.39 is 6.04 Å². The molecule has 2 aromatic rings. The van der Waals surface area contributed by atoms with Crippen LogP contribution in [0.4, 0.5) is 0 Å². The van der Waals surface area contributed by atoms with Gasteiger partial charge in [-0.15, -0.1) is 0 Å². The van der Waals surface area contributed by atoms with E-state index in [1.54, 1.807) is 6.20 Å². The number of benzene rings is 1. The Bertz CT molecular complexity index is 646. The predicted molar refractivity (Wildman–Crippen MR) is 90.2 cm³/mol. The van der Waals surface area contributed by atoms with E-state index in [0.29, 0.717) is 6.54 Å². The molecule has 0 saturated carbocycles. The molecule has 0 aliphatic heterocycles. The molecular formula is C18H25N3O. The maximum atomic E-state index is 12.6. The number of carbonyl (C=O) groups excluding carboxylic acids is 1. The van der Waals surface area contributed by atoms with E-state index in [1.807, 2.05) is 56.9 Å². The highest BCUT2D eigenvalue weighted by Gasteiger charge is 2.26. The number of nitrogens with zero attached hydrogens (tertiary/aromatic N) is 2. The van der Waals surface area contributed by atoms with Crippen LogP contribution < -0.4 is 5.73 Å². The van der Waals surface area contributed by atoms with Crippen LogP contribution in [-0.2, 0) is 11.3 Å². The first-order valence-electron chi connectivity index (χ1n) is 7.80. The number of carbonyl (C=O) groups is 1. The maximum Gasteiger partial charge on any atom is 0.240 e. The molecule has 1 aromatic heterocycles. The van der Waals surface area contributed by atoms with Gasteiger partial charge < -0.3 is 10.6 Å². The number of amides is 1. The van der Waals surface area contributed by atoms with Crippen LogP contribution in [0.2, 0.25) is 0 Å². The number of hydrogen-bond acceptors (Lipinski definition) is 3. The van der Waals surface area contributed by atoms with Crippen LogP contribution in [0.25, 0.3) is 10.8 Å². The third-order valence-corrected chi connectivity index (χ3v) is 3.99. The third kappa shape index (κ3) is 3.45. The lowest BCUT2D eigenvalue weighted by Crippen LogP contribution is -2.48. The molecule has 0 radical (unpaired) electrons. The summed E-state index contributed by atoms with van der Waals surface area (Å²) in [5.41, 5.74) is 6.97. The van der Waals surface area contributed by atoms with Crippen molar-refractivity contribution < 1.29 is 4.79 Å². The highest BCUT2D eigenvalue weighted by molar-refractivity contribution is 5.86. The Morgan fingerprint density at radius 2 is 1.86 bits per heavy atom. The van der Waals surface area contributed by atoms with E-state index in [9.17, 15) is 4.79 Å². The minimum atomic E-state index is -0.475. The van der Waals surface area contributed by atoms with Crippen LogP contribution in [0.3, 0.4) is 0 Å². The van der Waals surface area contributed by atoms with Crippen molar-refractivity contribution in [3.05, 3.63) is 42.2 Å². The van der Waals surface area contributed by atoms with E-state index in [2.05, 4.69) is 11.1 Å². The Kier molecular flexibility index (Phi) is 5.14. The van der Waals surface area contributed by atoms with E-state index in [1.165, 1.54) is 0 Å². The van der Waals surface area contributed by atoms with Crippen LogP contribution >= 0.6 is 0 Å². The fourth-order valence-corrected chi connectivity index (χ4v) is 2.46. The van der Waals surface area contributed by atoms with Crippen LogP contribution in [0, 0.1) is 5.92 Å². The minimum Gasteiger partial charge on any atom is -0.333 e. The molecule has 0 unspecified atom stereocenters. The van der Waals surface area contributed by atoms with Crippen LogP contribution in [0.5, 0.6) is 0 Å². The van der Waals surface area contributed by atoms with Crippen molar-refractivity contribution in [1.82, 2.24) is 9.88 Å². The number of nitrogens with two attached hydrogens (primary N) is 1. The van der Waals surface area contributed by atoms with Gasteiger partial charge in [0.05, 0.1) is 18.3 Å². The van der Waals surface area contributed by atoms with Crippen molar-refractivity contribution in [2.75, 3.05) is 0 Å². The summed E-state index contributed by atoms with van der Waals surface area (Å²) in [5.74, 6) is 0.106. The average molecular weight is 299 g/mol. The minimum absolute atomic E-state index is 0.0141. The number of aromatic nitrogens is 1. The maximum absolute atomic E-state index is 12.6. The van der Waals surface area contributed by atoms with E-state index >= 15 is 0 Å². The van der Waals surface area contributed by atoms with Crippen molar-refractivity contribution in [1.29, 1.82) is 0 Å². The zero-order chi connectivity index (χ0) is 16.3. The summed E-state index contributed by atoms with van der Waals surface area (Å²) in [7, 11) is 0. The molecule has 0 fully saturated rings. The van der Waals surface area contributed by atoms with E-state index in [4.69, 9.17) is 5.73 Å². The largest absolute Gasteiger partial charge is 0.333 e. The molecule has 2 N–H and O–H groups in total. The molecular weight excluding hydrogens is 274 g/mol. The summed E-state index contributed by atoms with van der Waals surface area (Å²) in [5, 5.41) is 2.22. The topological polar surface area (TPSA) is 59.2 Å². The SMILES string of the molecule is CC(C)[C@H](N)C(=O)N(Cc1nccc2ccccc12)C(C)C. The molecule has 0 saturated heterocycles. The smallest absolute Gasteiger partial charge is 0.240 e. The lowest BCUT2D eigenvalue weighted by molar-refractivity contribution is -0.136. The zero-order valence-corrected chi connectivity index (χ0v) is 13.8. The summed E-state index contributed by atoms with van der Waals surface area (Å²) in [6, 6.07) is 9.70. The van der Waals surface area contributed by atoms with Gasteiger partial charge in [0.2, 0.25) is 5.91 Å². The first kappa shape index (κ1) is 16.4. The third-order valence-electron chi connectivity index (χ3n) is 3.99. The molecule has 1 heterocycles. The quantitative estimate of drug-likeness (QED) is 0.923. The highest BCUT2D eigenvalue weighted by Crippen LogP contribution is 2.19. The van der Waals surface area contributed by atoms with Crippen molar-refractivity contribution >= 4 is 16.7 Å². The standard InChI is InChI=1S/C18H25N3O/c1-12(2)17(19)18(22)21(13(3)4)11-16-15-8-6-5-7-14(15)9-10-20-16/h5-10,12-13,17H,11,19H2,1-4H3/t17-/m0/s1. The summed E-state index contributed by atoms with van der Waals surface area (Å²) >= 11 is 0. The van der Waals surface area contributed by atoms with Crippen LogP contribution in [-0.4, -0.2) is 27.9 Å². The molecule has 1 aromatic carbocycles. The van der Waals surface area contributed by atoms with Gasteiger partial charge in [-0.1, -0.05) is 38.1 Å². The Balaban J connectivity index is 2.33. The Morgan fingerprint density at radius 3 is 2.50 bits per heavy atom. The van der Waals surface area contributed by atoms with Crippen molar-refractivity contribution in [3.8, 4) is 0 Å². The van der Waals surface area contributed by atoms with Crippen LogP contribution in [0.1, 0.15) is 33.4 Å². The van der Waals surface area contributed by atoms with Gasteiger partial charge in [-0.2, -0.15) is 0 Å². The molecule has 4 heteroatoms. The molecule has 0 aliphatic rings. The fourth-order valence-electron chi connectivity index (χ4n) is 2.46. The van der Waals surface area contributed by atoms with Gasteiger partial charge >= 0.3 is 0 Å². The van der Waals surface area contributed by atoms with E-state index in [0.717, 1.165) is 16.5 Å². The second-order valence-corrected chi connectivity index (χ2v) is 6.31. The van der Waals surface area contributed by atoms with Crippen LogP contribution in [0.15, 0.2) is 36.5 Å². The van der Waals surface area contributed by atoms with E-state index in [-0.39, 0.29) is 17.9 Å². The summed E-state index contributed by atoms with van der Waals surface area (Å²) in [4.78, 5) is 18.9. The first-order valence-corrected chi connectivity index (χ1v) is 7.80. The van der Waals surface area contributed by atoms with Crippen molar-refractivity contribution in [2.24, 2.45) is 11.7 Å². The molecule has 0 spiro atoms. The molecule has 0 bridgehead atoms. The van der Waals surface area contributed by atoms with Gasteiger partial charge in [0.25, 0.3) is 0 Å². The number of pyridine rings is 1. The van der Waals surface area contributed by atoms with Gasteiger partial charge in [-0.25, -0.2) is 0 Å². The monoisotopic (exact) mass is 299 g/mol. The van der Waals surface area contributed by atoms with Gasteiger partial charge in [-0.3, -0.25) is 9.78 Å². The fraction of sp³-hybridized carbons (Fsp3) is 0.444. The Hall–Kier alpha value is -1.94. The first-order chi connectivity index (χ1) is 10.4. The molecule has 118 valence electrons. The lowest BCUT2D eigenvalue weighted by atomic mass is 10.0. The molecule has 2 rings (SSSR count). The molecule has 4 nitrogen and oxygen atoms in total. The zero-order valence-electron chi connectivity index (χ0n) is 13.8. The molecule has 1 atom stereocenters. The lowest BCUT2D eigenvalue weighted by Gasteiger charge is -2.30. The Morgan fingerprint density at radius 1 is 1.18 bits per heavy atom. The molecule has 0 aliphatic carbocycles. The van der Waals surface area contributed by atoms with Gasteiger partial charge in [0.1, 0.15) is 0 Å². The second-order valence-electron chi connectivity index (χ2n) is 6.31. The second kappa shape index (κ2) is 6.88. The van der Waals surface area contributed by atoms with Crippen molar-refractivity contribution in [2.45, 2.75) is 46.3 Å². The Labute approximate surface area is 132 Å². The molecule has 22 heavy (non-hydrogen) atoms. The number of rotatable bonds is 5. The average Bonchev–Trinajstić information content (AvgIpc) is 2.50. The van der Waals surface area contributed by atoms with Crippen molar-refractivity contribution in [3.63, 3.8) is 0 Å². The normalized spacial score (nSPS) is 12.9. The molecule has 1 amide bonds.